The maximum absolute atomic E-state index is 9.75. The summed E-state index contributed by atoms with van der Waals surface area (Å²) in [4.78, 5) is 2.62. The quantitative estimate of drug-likeness (QED) is 0.0843. The summed E-state index contributed by atoms with van der Waals surface area (Å²) in [5.74, 6) is 0. The van der Waals surface area contributed by atoms with E-state index in [1.54, 1.807) is 12.1 Å². The Kier molecular flexibility index (Phi) is 24.6. The van der Waals surface area contributed by atoms with E-state index < -0.39 is 30.4 Å². The Bertz CT molecular complexity index is 1500. The zero-order valence-electron chi connectivity index (χ0n) is 28.1. The average molecular weight is 852 g/mol. The molecule has 276 valence electrons. The minimum atomic E-state index is -6.00. The summed E-state index contributed by atoms with van der Waals surface area (Å²) in [5.41, 5.74) is 1.28. The van der Waals surface area contributed by atoms with E-state index in [0.29, 0.717) is 0 Å². The summed E-state index contributed by atoms with van der Waals surface area (Å²) in [6.07, 6.45) is 1.96. The van der Waals surface area contributed by atoms with E-state index in [4.69, 9.17) is 10.5 Å². The van der Waals surface area contributed by atoms with Crippen LogP contribution in [0.15, 0.2) is 152 Å². The van der Waals surface area contributed by atoms with Gasteiger partial charge in [0.05, 0.1) is 12.1 Å². The van der Waals surface area contributed by atoms with Crippen molar-refractivity contribution >= 4 is 57.3 Å². The van der Waals surface area contributed by atoms with E-state index in [9.17, 15) is 34.5 Å². The van der Waals surface area contributed by atoms with Crippen LogP contribution in [0.4, 0.5) is 40.2 Å². The minimum Gasteiger partial charge on any atom is -0.418 e. The summed E-state index contributed by atoms with van der Waals surface area (Å²) in [6, 6.07) is 58.6. The maximum Gasteiger partial charge on any atom is 2.00 e. The number of benzene rings is 5. The summed E-state index contributed by atoms with van der Waals surface area (Å²) < 4.78 is 78.0. The van der Waals surface area contributed by atoms with Gasteiger partial charge >= 0.3 is 34.9 Å². The van der Waals surface area contributed by atoms with Gasteiger partial charge in [-0.1, -0.05) is 140 Å². The number of nitriles is 2. The first kappa shape index (κ1) is 48.0. The largest absolute Gasteiger partial charge is 2.00 e. The molecule has 0 saturated carbocycles. The van der Waals surface area contributed by atoms with Crippen LogP contribution in [0.5, 0.6) is 0 Å². The fourth-order valence-corrected chi connectivity index (χ4v) is 8.99. The zero-order valence-corrected chi connectivity index (χ0v) is 31.4. The fourth-order valence-electron chi connectivity index (χ4n) is 4.24. The van der Waals surface area contributed by atoms with Crippen molar-refractivity contribution in [2.45, 2.75) is 13.8 Å². The van der Waals surface area contributed by atoms with Crippen LogP contribution in [-0.2, 0) is 20.4 Å². The molecule has 5 aromatic carbocycles. The Balaban J connectivity index is 0.00000130. The third-order valence-corrected chi connectivity index (χ3v) is 11.0. The van der Waals surface area contributed by atoms with Gasteiger partial charge in [-0.05, 0) is 49.2 Å². The normalized spacial score (nSPS) is 10.0. The number of hydrogen-bond donors (Lipinski definition) is 0. The van der Waals surface area contributed by atoms with Gasteiger partial charge in [-0.3, -0.25) is 0 Å². The molecule has 5 aromatic rings. The third-order valence-electron chi connectivity index (χ3n) is 6.02. The maximum atomic E-state index is 9.75. The Labute approximate surface area is 316 Å². The third kappa shape index (κ3) is 22.7. The first-order valence-corrected chi connectivity index (χ1v) is 18.2. The molecule has 0 fully saturated rings. The molecule has 0 bridgehead atoms. The van der Waals surface area contributed by atoms with Crippen molar-refractivity contribution in [1.82, 2.24) is 0 Å². The summed E-state index contributed by atoms with van der Waals surface area (Å²) in [7, 11) is -13.1. The van der Waals surface area contributed by atoms with E-state index in [2.05, 4.69) is 157 Å². The molecule has 0 aliphatic carbocycles. The zero-order chi connectivity index (χ0) is 38.1. The minimum absolute atomic E-state index is 0. The molecule has 0 aliphatic rings. The molecule has 0 N–H and O–H groups in total. The molecule has 0 heterocycles. The second-order valence-corrected chi connectivity index (χ2v) is 14.1. The van der Waals surface area contributed by atoms with Crippen molar-refractivity contribution in [2.75, 3.05) is 17.5 Å². The van der Waals surface area contributed by atoms with E-state index >= 15 is 0 Å². The van der Waals surface area contributed by atoms with Gasteiger partial charge in [0.15, 0.2) is 0 Å². The number of halogens is 8. The average Bonchev–Trinajstić information content (AvgIpc) is 3.10. The standard InChI is InChI=1S/C32H29NP2.2C2H3N.2BF4.Pd/c1-6-16-28(17-7-1)33(26-34(29-18-8-2-9-19-29)30-20-10-3-11-21-30)27-35(31-22-12-4-13-23-31)32-24-14-5-15-25-32;2*1-2-3;2*2-1(3,4)5;/h1-25H,26-27H2;2*1H3;;;/q;;;2*-1;+2. The SMILES string of the molecule is CC#N.CC#N.F[B-](F)(F)F.F[B-](F)(F)F.[Pd+2].c1ccc(N(CP(c2ccccc2)c2ccccc2)CP(c2ccccc2)c2ccccc2)cc1. The predicted molar refractivity (Wildman–Crippen MR) is 200 cm³/mol. The monoisotopic (exact) mass is 851 g/mol. The molecule has 0 aliphatic heterocycles. The topological polar surface area (TPSA) is 50.8 Å². The summed E-state index contributed by atoms with van der Waals surface area (Å²) >= 11 is 0. The number of para-hydroxylation sites is 1. The van der Waals surface area contributed by atoms with Crippen LogP contribution in [0.1, 0.15) is 13.8 Å². The molecular formula is C36H35B2F8N3P2Pd. The van der Waals surface area contributed by atoms with E-state index in [1.807, 2.05) is 0 Å². The second kappa shape index (κ2) is 26.7. The smallest absolute Gasteiger partial charge is 0.418 e. The van der Waals surface area contributed by atoms with Gasteiger partial charge < -0.3 is 39.4 Å². The van der Waals surface area contributed by atoms with Crippen molar-refractivity contribution in [1.29, 1.82) is 10.5 Å². The van der Waals surface area contributed by atoms with Gasteiger partial charge in [0.2, 0.25) is 0 Å². The van der Waals surface area contributed by atoms with Crippen LogP contribution >= 0.6 is 15.8 Å². The van der Waals surface area contributed by atoms with Crippen LogP contribution in [0.25, 0.3) is 0 Å². The van der Waals surface area contributed by atoms with Crippen molar-refractivity contribution in [3.05, 3.63) is 152 Å². The van der Waals surface area contributed by atoms with Crippen LogP contribution in [0, 0.1) is 22.7 Å². The summed E-state index contributed by atoms with van der Waals surface area (Å²) in [5, 5.41) is 20.3. The Hall–Kier alpha value is -4.03. The fraction of sp³-hybridized carbons (Fsp3) is 0.111. The van der Waals surface area contributed by atoms with Gasteiger partial charge in [-0.25, -0.2) is 0 Å². The van der Waals surface area contributed by atoms with Crippen LogP contribution in [0.2, 0.25) is 0 Å². The second-order valence-electron chi connectivity index (χ2n) is 9.79. The van der Waals surface area contributed by atoms with Crippen LogP contribution in [-0.4, -0.2) is 27.1 Å². The Morgan fingerprint density at radius 2 is 0.615 bits per heavy atom. The molecular weight excluding hydrogens is 816 g/mol. The molecule has 16 heteroatoms. The number of rotatable bonds is 9. The van der Waals surface area contributed by atoms with Crippen LogP contribution in [0.3, 0.4) is 0 Å². The molecule has 52 heavy (non-hydrogen) atoms. The molecule has 3 nitrogen and oxygen atoms in total. The van der Waals surface area contributed by atoms with Gasteiger partial charge in [0, 0.05) is 32.1 Å². The van der Waals surface area contributed by atoms with E-state index in [-0.39, 0.29) is 20.4 Å². The number of hydrogen-bond acceptors (Lipinski definition) is 3. The Morgan fingerprint density at radius 3 is 0.808 bits per heavy atom. The summed E-state index contributed by atoms with van der Waals surface area (Å²) in [6.45, 7) is 2.86. The Morgan fingerprint density at radius 1 is 0.442 bits per heavy atom. The predicted octanol–water partition coefficient (Wildman–Crippen LogP) is 10.3. The van der Waals surface area contributed by atoms with Gasteiger partial charge in [-0.2, -0.15) is 10.5 Å². The van der Waals surface area contributed by atoms with Crippen molar-refractivity contribution in [3.63, 3.8) is 0 Å². The molecule has 0 aromatic heterocycles. The van der Waals surface area contributed by atoms with Crippen molar-refractivity contribution in [2.24, 2.45) is 0 Å². The van der Waals surface area contributed by atoms with Crippen LogP contribution < -0.4 is 26.1 Å². The number of anilines is 1. The number of nitrogens with zero attached hydrogens (tertiary/aromatic N) is 3. The van der Waals surface area contributed by atoms with Crippen molar-refractivity contribution in [3.8, 4) is 12.1 Å². The first-order valence-electron chi connectivity index (χ1n) is 15.1. The molecule has 0 atom stereocenters. The molecule has 5 rings (SSSR count). The molecule has 0 unspecified atom stereocenters. The van der Waals surface area contributed by atoms with Gasteiger partial charge in [-0.15, -0.1) is 0 Å². The van der Waals surface area contributed by atoms with Crippen molar-refractivity contribution < 1.29 is 54.9 Å². The molecule has 0 saturated heterocycles. The molecule has 0 spiro atoms. The van der Waals surface area contributed by atoms with Gasteiger partial charge in [0.25, 0.3) is 0 Å². The molecule has 0 amide bonds. The first-order chi connectivity index (χ1) is 24.2. The molecule has 0 radical (unpaired) electrons. The van der Waals surface area contributed by atoms with E-state index in [0.717, 1.165) is 12.6 Å². The van der Waals surface area contributed by atoms with Gasteiger partial charge in [0.1, 0.15) is 0 Å². The van der Waals surface area contributed by atoms with E-state index in [1.165, 1.54) is 40.8 Å².